The van der Waals surface area contributed by atoms with Gasteiger partial charge in [-0.25, -0.2) is 4.98 Å². The molecule has 24 heavy (non-hydrogen) atoms. The molecule has 0 aromatic carbocycles. The molecule has 0 saturated carbocycles. The Morgan fingerprint density at radius 3 is 2.71 bits per heavy atom. The lowest BCUT2D eigenvalue weighted by Gasteiger charge is -2.40. The summed E-state index contributed by atoms with van der Waals surface area (Å²) < 4.78 is 44.9. The van der Waals surface area contributed by atoms with Crippen molar-refractivity contribution in [1.82, 2.24) is 15.2 Å². The van der Waals surface area contributed by atoms with Crippen LogP contribution in [0.25, 0.3) is 0 Å². The van der Waals surface area contributed by atoms with Crippen LogP contribution in [0.3, 0.4) is 0 Å². The Kier molecular flexibility index (Phi) is 5.51. The summed E-state index contributed by atoms with van der Waals surface area (Å²) in [6.07, 6.45) is -2.30. The van der Waals surface area contributed by atoms with Crippen LogP contribution in [0.4, 0.5) is 13.2 Å². The summed E-state index contributed by atoms with van der Waals surface area (Å²) in [4.78, 5) is 28.3. The first kappa shape index (κ1) is 18.3. The highest BCUT2D eigenvalue weighted by molar-refractivity contribution is 5.92. The van der Waals surface area contributed by atoms with Crippen molar-refractivity contribution in [2.45, 2.75) is 57.8 Å². The Morgan fingerprint density at radius 2 is 2.12 bits per heavy atom. The zero-order chi connectivity index (χ0) is 17.9. The van der Waals surface area contributed by atoms with Gasteiger partial charge in [0, 0.05) is 25.9 Å². The van der Waals surface area contributed by atoms with Gasteiger partial charge in [-0.3, -0.25) is 9.59 Å². The van der Waals surface area contributed by atoms with Crippen LogP contribution in [0.1, 0.15) is 49.5 Å². The number of nitrogens with zero attached hydrogens (tertiary/aromatic N) is 2. The number of oxazole rings is 1. The van der Waals surface area contributed by atoms with Crippen LogP contribution in [-0.4, -0.2) is 46.5 Å². The van der Waals surface area contributed by atoms with Gasteiger partial charge in [0.2, 0.25) is 5.91 Å². The molecule has 1 aromatic heterocycles. The zero-order valence-corrected chi connectivity index (χ0v) is 13.5. The van der Waals surface area contributed by atoms with E-state index in [1.54, 1.807) is 0 Å². The molecule has 1 aromatic rings. The molecule has 1 fully saturated rings. The molecule has 2 atom stereocenters. The number of aryl methyl sites for hydroxylation is 1. The molecule has 0 radical (unpaired) electrons. The first-order valence-corrected chi connectivity index (χ1v) is 7.81. The molecule has 0 bridgehead atoms. The van der Waals surface area contributed by atoms with Crippen LogP contribution in [0, 0.1) is 0 Å². The topological polar surface area (TPSA) is 75.4 Å². The van der Waals surface area contributed by atoms with Gasteiger partial charge in [0.25, 0.3) is 5.91 Å². The van der Waals surface area contributed by atoms with Crippen LogP contribution >= 0.6 is 0 Å². The molecular formula is C15H20F3N3O3. The second-order valence-corrected chi connectivity index (χ2v) is 5.87. The monoisotopic (exact) mass is 347 g/mol. The van der Waals surface area contributed by atoms with Gasteiger partial charge in [0.1, 0.15) is 12.3 Å². The molecule has 134 valence electrons. The number of hydrogen-bond acceptors (Lipinski definition) is 4. The zero-order valence-electron chi connectivity index (χ0n) is 13.5. The Morgan fingerprint density at radius 1 is 1.42 bits per heavy atom. The van der Waals surface area contributed by atoms with Crippen LogP contribution < -0.4 is 5.32 Å². The summed E-state index contributed by atoms with van der Waals surface area (Å²) in [6.45, 7) is 2.98. The average Bonchev–Trinajstić information content (AvgIpc) is 2.93. The van der Waals surface area contributed by atoms with Crippen LogP contribution in [0.5, 0.6) is 0 Å². The molecule has 2 amide bonds. The Hall–Kier alpha value is -2.06. The molecule has 2 heterocycles. The number of aromatic nitrogens is 1. The van der Waals surface area contributed by atoms with E-state index in [1.165, 1.54) is 6.92 Å². The molecule has 0 spiro atoms. The third kappa shape index (κ3) is 4.27. The van der Waals surface area contributed by atoms with Crippen molar-refractivity contribution in [1.29, 1.82) is 0 Å². The predicted octanol–water partition coefficient (Wildman–Crippen LogP) is 2.30. The van der Waals surface area contributed by atoms with Gasteiger partial charge in [0.05, 0.1) is 0 Å². The summed E-state index contributed by atoms with van der Waals surface area (Å²) in [5.41, 5.74) is -0.142. The van der Waals surface area contributed by atoms with Gasteiger partial charge < -0.3 is 14.6 Å². The molecule has 0 aliphatic carbocycles. The number of nitrogens with one attached hydrogen (secondary N) is 1. The quantitative estimate of drug-likeness (QED) is 0.907. The molecule has 0 unspecified atom stereocenters. The second-order valence-electron chi connectivity index (χ2n) is 5.87. The maximum atomic E-state index is 13.3. The molecule has 6 nitrogen and oxygen atoms in total. The molecule has 1 saturated heterocycles. The Balaban J connectivity index is 2.21. The largest absolute Gasteiger partial charge is 0.448 e. The fourth-order valence-corrected chi connectivity index (χ4v) is 2.83. The van der Waals surface area contributed by atoms with Crippen molar-refractivity contribution in [3.05, 3.63) is 17.8 Å². The Bertz CT molecular complexity index is 600. The molecule has 9 heteroatoms. The number of piperidine rings is 1. The Labute approximate surface area is 137 Å². The van der Waals surface area contributed by atoms with E-state index in [0.717, 1.165) is 17.6 Å². The van der Waals surface area contributed by atoms with E-state index in [4.69, 9.17) is 4.42 Å². The smallest absolute Gasteiger partial charge is 0.408 e. The van der Waals surface area contributed by atoms with Gasteiger partial charge in [-0.1, -0.05) is 6.92 Å². The first-order valence-electron chi connectivity index (χ1n) is 7.81. The number of rotatable bonds is 4. The van der Waals surface area contributed by atoms with Gasteiger partial charge in [0.15, 0.2) is 11.6 Å². The lowest BCUT2D eigenvalue weighted by Crippen LogP contribution is -2.58. The van der Waals surface area contributed by atoms with Crippen molar-refractivity contribution in [2.75, 3.05) is 6.54 Å². The summed E-state index contributed by atoms with van der Waals surface area (Å²) >= 11 is 0. The van der Waals surface area contributed by atoms with Crippen molar-refractivity contribution < 1.29 is 27.2 Å². The molecule has 1 aliphatic rings. The van der Waals surface area contributed by atoms with Gasteiger partial charge >= 0.3 is 6.18 Å². The maximum absolute atomic E-state index is 13.3. The minimum atomic E-state index is -4.53. The van der Waals surface area contributed by atoms with E-state index in [2.05, 4.69) is 10.3 Å². The van der Waals surface area contributed by atoms with E-state index in [-0.39, 0.29) is 31.0 Å². The maximum Gasteiger partial charge on any atom is 0.408 e. The number of likely N-dealkylation sites (tertiary alicyclic amines) is 1. The van der Waals surface area contributed by atoms with Crippen molar-refractivity contribution in [2.24, 2.45) is 0 Å². The second kappa shape index (κ2) is 7.23. The fourth-order valence-electron chi connectivity index (χ4n) is 2.83. The SMILES string of the molecule is CCCc1nc(C(=O)N2C[C@H](NC(C)=O)CC[C@@H]2C(F)(F)F)co1. The number of carbonyl (C=O) groups excluding carboxylic acids is 2. The van der Waals surface area contributed by atoms with Crippen LogP contribution in [-0.2, 0) is 11.2 Å². The van der Waals surface area contributed by atoms with E-state index < -0.39 is 24.2 Å². The number of alkyl halides is 3. The van der Waals surface area contributed by atoms with E-state index in [1.807, 2.05) is 6.92 Å². The summed E-state index contributed by atoms with van der Waals surface area (Å²) in [5.74, 6) is -0.858. The van der Waals surface area contributed by atoms with Crippen molar-refractivity contribution >= 4 is 11.8 Å². The summed E-state index contributed by atoms with van der Waals surface area (Å²) in [7, 11) is 0. The molecular weight excluding hydrogens is 327 g/mol. The highest BCUT2D eigenvalue weighted by Crippen LogP contribution is 2.33. The average molecular weight is 347 g/mol. The van der Waals surface area contributed by atoms with Crippen molar-refractivity contribution in [3.63, 3.8) is 0 Å². The minimum Gasteiger partial charge on any atom is -0.448 e. The van der Waals surface area contributed by atoms with E-state index in [0.29, 0.717) is 12.3 Å². The van der Waals surface area contributed by atoms with Crippen LogP contribution in [0.2, 0.25) is 0 Å². The first-order chi connectivity index (χ1) is 11.2. The van der Waals surface area contributed by atoms with Crippen LogP contribution in [0.15, 0.2) is 10.7 Å². The third-order valence-electron chi connectivity index (χ3n) is 3.86. The minimum absolute atomic E-state index is 0.142. The fraction of sp³-hybridized carbons (Fsp3) is 0.667. The van der Waals surface area contributed by atoms with Gasteiger partial charge in [-0.15, -0.1) is 0 Å². The normalized spacial score (nSPS) is 21.6. The number of hydrogen-bond donors (Lipinski definition) is 1. The lowest BCUT2D eigenvalue weighted by molar-refractivity contribution is -0.184. The lowest BCUT2D eigenvalue weighted by atomic mass is 9.97. The highest BCUT2D eigenvalue weighted by Gasteiger charge is 2.48. The summed E-state index contributed by atoms with van der Waals surface area (Å²) in [6, 6.07) is -2.40. The highest BCUT2D eigenvalue weighted by atomic mass is 19.4. The molecule has 1 N–H and O–H groups in total. The summed E-state index contributed by atoms with van der Waals surface area (Å²) in [5, 5.41) is 2.57. The van der Waals surface area contributed by atoms with E-state index >= 15 is 0 Å². The van der Waals surface area contributed by atoms with E-state index in [9.17, 15) is 22.8 Å². The van der Waals surface area contributed by atoms with Crippen molar-refractivity contribution in [3.8, 4) is 0 Å². The number of amides is 2. The standard InChI is InChI=1S/C15H20F3N3O3/c1-3-4-13-20-11(8-24-13)14(23)21-7-10(19-9(2)22)5-6-12(21)15(16,17)18/h8,10,12H,3-7H2,1-2H3,(H,19,22)/t10-,12-/m1/s1. The third-order valence-corrected chi connectivity index (χ3v) is 3.86. The number of carbonyl (C=O) groups is 2. The molecule has 1 aliphatic heterocycles. The predicted molar refractivity (Wildman–Crippen MR) is 78.2 cm³/mol. The van der Waals surface area contributed by atoms with Gasteiger partial charge in [-0.2, -0.15) is 13.2 Å². The van der Waals surface area contributed by atoms with Gasteiger partial charge in [-0.05, 0) is 19.3 Å². The number of halogens is 3. The molecule has 2 rings (SSSR count).